The van der Waals surface area contributed by atoms with Crippen LogP contribution in [-0.2, 0) is 112 Å². The fraction of sp³-hybridized carbons (Fsp3) is 0.627. The van der Waals surface area contributed by atoms with Gasteiger partial charge in [-0.1, -0.05) is 12.2 Å². The normalized spacial score (nSPS) is 16.0. The molecule has 3 aliphatic heterocycles. The van der Waals surface area contributed by atoms with E-state index in [4.69, 9.17) is 66.1 Å². The summed E-state index contributed by atoms with van der Waals surface area (Å²) in [6, 6.07) is 11.2. The Morgan fingerprint density at radius 3 is 1.59 bits per heavy atom. The van der Waals surface area contributed by atoms with Crippen molar-refractivity contribution in [1.82, 2.24) is 9.64 Å². The van der Waals surface area contributed by atoms with Gasteiger partial charge < -0.3 is 84.7 Å². The van der Waals surface area contributed by atoms with Crippen molar-refractivity contribution in [3.05, 3.63) is 83.1 Å². The quantitative estimate of drug-likeness (QED) is 0.0170. The molecule has 0 saturated carbocycles. The van der Waals surface area contributed by atoms with E-state index in [1.54, 1.807) is 38.3 Å². The molecule has 0 spiro atoms. The minimum Gasteiger partial charge on any atom is -0.748 e. The van der Waals surface area contributed by atoms with E-state index < -0.39 is 70.0 Å². The van der Waals surface area contributed by atoms with Gasteiger partial charge in [0, 0.05) is 72.9 Å². The standard InChI is InChI=1S/C59H87N3O26S3.2Na/c1-59(16-4-44-89(66,67)68)52-47-50(91(72,73)74)9-11-53(52)61(19-23-78-28-31-82-36-39-86-43-42-84-37-34-80-29-26-76-20-15-58(65)88-62-56(63)12-13-57(62)64)55(59)7-3-6-48-14-21-87-54-46-49(8-10-51(48)54)60(17-5-45-90(69,70)71)18-22-77-27-30-81-35-38-85-41-40-83-33-32-79-25-24-75-2;;/h3,6-11,14,21,46-47H,4-5,12-13,15-20,22-45H2,1-2H3,(H2-,66,67,68,69,70,71,72,73,74);;/q;2*+1/p-2. The number of hydroxylamine groups is 2. The van der Waals surface area contributed by atoms with E-state index in [0.29, 0.717) is 138 Å². The average Bonchev–Trinajstić information content (AvgIpc) is 1.59. The van der Waals surface area contributed by atoms with Crippen molar-refractivity contribution < 1.29 is 179 Å². The number of hydrogen-bond donors (Lipinski definition) is 0. The van der Waals surface area contributed by atoms with Gasteiger partial charge in [0.05, 0.1) is 189 Å². The summed E-state index contributed by atoms with van der Waals surface area (Å²) in [5.41, 5.74) is 1.91. The molecule has 1 aliphatic carbocycles. The number of methoxy groups -OCH3 is 1. The third kappa shape index (κ3) is 32.8. The van der Waals surface area contributed by atoms with E-state index >= 15 is 0 Å². The van der Waals surface area contributed by atoms with E-state index in [9.17, 15) is 53.3 Å². The maximum Gasteiger partial charge on any atom is 1.00 e. The van der Waals surface area contributed by atoms with Crippen molar-refractivity contribution in [2.24, 2.45) is 0 Å². The van der Waals surface area contributed by atoms with Crippen LogP contribution in [0.2, 0.25) is 0 Å². The largest absolute Gasteiger partial charge is 1.00 e. The third-order valence-electron chi connectivity index (χ3n) is 13.9. The van der Waals surface area contributed by atoms with Gasteiger partial charge in [-0.2, -0.15) is 0 Å². The Kier molecular flexibility index (Phi) is 41.7. The van der Waals surface area contributed by atoms with Crippen LogP contribution in [0.4, 0.5) is 5.69 Å². The van der Waals surface area contributed by atoms with E-state index in [-0.39, 0.29) is 170 Å². The summed E-state index contributed by atoms with van der Waals surface area (Å²) < 4.78 is 181. The molecule has 0 aromatic heterocycles. The summed E-state index contributed by atoms with van der Waals surface area (Å²) in [7, 11) is -12.4. The SMILES string of the molecule is COCCOCCOCCOCCOCCOCC[N+](CCCS(=O)(=O)[O-])=c1ccc2c(/C=C/C=C3/N(CCOCCOCCOCCOCCOCCOCCC(=O)ON4C(=O)CCC4=O)c4ccc(S(=O)(=O)[O-])cc4C3(C)CCCS(=O)(=O)[O-])ccoc-2c1.[Na+].[Na+]. The van der Waals surface area contributed by atoms with Crippen molar-refractivity contribution in [3.8, 4) is 11.3 Å². The number of hydrogen-bond acceptors (Lipinski definition) is 27. The van der Waals surface area contributed by atoms with Gasteiger partial charge in [0.2, 0.25) is 5.36 Å². The molecule has 4 aliphatic rings. The van der Waals surface area contributed by atoms with E-state index in [2.05, 4.69) is 0 Å². The van der Waals surface area contributed by atoms with Gasteiger partial charge in [0.15, 0.2) is 6.54 Å². The molecule has 512 valence electrons. The Bertz CT molecular complexity index is 3140. The minimum atomic E-state index is -4.92. The number of anilines is 1. The molecule has 1 atom stereocenters. The van der Waals surface area contributed by atoms with Crippen LogP contribution in [0.3, 0.4) is 0 Å². The fourth-order valence-electron chi connectivity index (χ4n) is 9.42. The van der Waals surface area contributed by atoms with Crippen molar-refractivity contribution in [3.63, 3.8) is 0 Å². The van der Waals surface area contributed by atoms with Gasteiger partial charge in [-0.05, 0) is 67.3 Å². The molecule has 34 heteroatoms. The number of allylic oxidation sites excluding steroid dienone is 3. The molecule has 0 bridgehead atoms. The smallest absolute Gasteiger partial charge is 0.748 e. The van der Waals surface area contributed by atoms with Gasteiger partial charge >= 0.3 is 65.1 Å². The van der Waals surface area contributed by atoms with E-state index in [1.807, 2.05) is 27.7 Å². The van der Waals surface area contributed by atoms with Gasteiger partial charge in [0.25, 0.3) is 11.8 Å². The topological polar surface area (TPSA) is 365 Å². The van der Waals surface area contributed by atoms with Gasteiger partial charge in [-0.3, -0.25) is 9.59 Å². The Balaban J connectivity index is 0.0000113. The van der Waals surface area contributed by atoms with Crippen molar-refractivity contribution in [2.45, 2.75) is 55.8 Å². The van der Waals surface area contributed by atoms with Gasteiger partial charge in [-0.15, -0.1) is 5.06 Å². The number of amides is 2. The average molecular weight is 1390 g/mol. The summed E-state index contributed by atoms with van der Waals surface area (Å²) >= 11 is 0. The van der Waals surface area contributed by atoms with Crippen LogP contribution in [0.25, 0.3) is 17.4 Å². The second-order valence-corrected chi connectivity index (χ2v) is 25.0. The number of ether oxygens (including phenoxy) is 12. The first-order valence-corrected chi connectivity index (χ1v) is 34.4. The second-order valence-electron chi connectivity index (χ2n) is 20.6. The number of benzene rings is 2. The number of carbonyl (C=O) groups is 3. The molecular weight excluding hydrogens is 1310 g/mol. The van der Waals surface area contributed by atoms with Crippen LogP contribution in [0.5, 0.6) is 0 Å². The first-order valence-electron chi connectivity index (χ1n) is 29.8. The molecule has 29 nitrogen and oxygen atoms in total. The molecule has 1 unspecified atom stereocenters. The molecule has 1 aromatic rings. The zero-order valence-corrected chi connectivity index (χ0v) is 60.0. The Morgan fingerprint density at radius 1 is 0.602 bits per heavy atom. The molecule has 2 amide bonds. The molecule has 1 fully saturated rings. The zero-order chi connectivity index (χ0) is 65.8. The Labute approximate surface area is 588 Å². The van der Waals surface area contributed by atoms with E-state index in [0.717, 1.165) is 5.56 Å². The maximum absolute atomic E-state index is 12.4. The maximum atomic E-state index is 12.4. The van der Waals surface area contributed by atoms with Crippen molar-refractivity contribution in [1.29, 1.82) is 0 Å². The molecule has 93 heavy (non-hydrogen) atoms. The zero-order valence-electron chi connectivity index (χ0n) is 53.6. The molecule has 1 saturated heterocycles. The summed E-state index contributed by atoms with van der Waals surface area (Å²) in [5, 5.41) is 1.17. The van der Waals surface area contributed by atoms with Crippen LogP contribution in [0.1, 0.15) is 56.6 Å². The number of rotatable bonds is 51. The molecule has 3 heterocycles. The molecule has 1 aromatic carbocycles. The van der Waals surface area contributed by atoms with E-state index in [1.165, 1.54) is 24.5 Å². The minimum absolute atomic E-state index is 0. The number of imide groups is 1. The van der Waals surface area contributed by atoms with Gasteiger partial charge in [-0.25, -0.2) is 34.6 Å². The van der Waals surface area contributed by atoms with Crippen LogP contribution < -0.4 is 73.9 Å². The van der Waals surface area contributed by atoms with Crippen LogP contribution in [0.15, 0.2) is 75.9 Å². The van der Waals surface area contributed by atoms with Crippen LogP contribution in [-0.4, -0.2) is 252 Å². The summed E-state index contributed by atoms with van der Waals surface area (Å²) in [4.78, 5) is 41.1. The predicted molar refractivity (Wildman–Crippen MR) is 322 cm³/mol. The molecule has 0 radical (unpaired) electrons. The third-order valence-corrected chi connectivity index (χ3v) is 16.3. The summed E-state index contributed by atoms with van der Waals surface area (Å²) in [6.45, 7) is 9.88. The Morgan fingerprint density at radius 2 is 1.09 bits per heavy atom. The van der Waals surface area contributed by atoms with Crippen LogP contribution in [0, 0.1) is 0 Å². The first-order chi connectivity index (χ1) is 43.7. The van der Waals surface area contributed by atoms with Gasteiger partial charge in [0.1, 0.15) is 29.0 Å². The van der Waals surface area contributed by atoms with Crippen molar-refractivity contribution >= 4 is 59.9 Å². The predicted octanol–water partition coefficient (Wildman–Crippen LogP) is -4.17. The molecule has 0 N–H and O–H groups in total. The second kappa shape index (κ2) is 46.1. The monoisotopic (exact) mass is 1390 g/mol. The summed E-state index contributed by atoms with van der Waals surface area (Å²) in [5.74, 6) is -2.61. The molecular formula is C59H85N3Na2O26S3. The number of nitrogens with zero attached hydrogens (tertiary/aromatic N) is 3. The molecule has 5 rings (SSSR count). The fourth-order valence-corrected chi connectivity index (χ4v) is 10.9. The van der Waals surface area contributed by atoms with Crippen molar-refractivity contribution in [2.75, 3.05) is 195 Å². The number of fused-ring (bicyclic) bond motifs is 2. The Hall–Kier alpha value is -3.21. The van der Waals surface area contributed by atoms with Crippen LogP contribution >= 0.6 is 0 Å². The summed E-state index contributed by atoms with van der Waals surface area (Å²) in [6.07, 6.45) is 6.86. The first kappa shape index (κ1) is 84.0. The number of carbonyl (C=O) groups excluding carboxylic acids is 3.